The number of nitrogens with zero attached hydrogens (tertiary/aromatic N) is 5. The van der Waals surface area contributed by atoms with Gasteiger partial charge in [-0.05, 0) is 76.9 Å². The lowest BCUT2D eigenvalue weighted by Crippen LogP contribution is -2.49. The smallest absolute Gasteiger partial charge is 0.230 e. The fourth-order valence-corrected chi connectivity index (χ4v) is 7.05. The van der Waals surface area contributed by atoms with Crippen molar-refractivity contribution in [1.29, 1.82) is 0 Å². The van der Waals surface area contributed by atoms with Crippen molar-refractivity contribution in [2.45, 2.75) is 58.5 Å². The molecular weight excluding hydrogens is 362 g/mol. The zero-order chi connectivity index (χ0) is 20.1. The van der Waals surface area contributed by atoms with Crippen molar-refractivity contribution in [2.75, 3.05) is 46.3 Å². The topological polar surface area (TPSA) is 44.6 Å². The maximum Gasteiger partial charge on any atom is 0.230 e. The molecule has 1 spiro atoms. The van der Waals surface area contributed by atoms with Gasteiger partial charge in [-0.1, -0.05) is 0 Å². The molecule has 6 heteroatoms. The summed E-state index contributed by atoms with van der Waals surface area (Å²) >= 11 is 0. The Bertz CT molecular complexity index is 746. The van der Waals surface area contributed by atoms with Gasteiger partial charge in [0, 0.05) is 51.0 Å². The minimum atomic E-state index is -0.0937. The lowest BCUT2D eigenvalue weighted by Gasteiger charge is -2.45. The number of hydrogen-bond donors (Lipinski definition) is 0. The molecule has 0 aromatic carbocycles. The molecule has 2 atom stereocenters. The first-order valence-corrected chi connectivity index (χ1v) is 11.8. The van der Waals surface area contributed by atoms with E-state index in [0.29, 0.717) is 17.2 Å². The second-order valence-electron chi connectivity index (χ2n) is 10.2. The first kappa shape index (κ1) is 19.6. The Labute approximate surface area is 175 Å². The summed E-state index contributed by atoms with van der Waals surface area (Å²) in [6.07, 6.45) is 11.5. The van der Waals surface area contributed by atoms with Crippen LogP contribution in [-0.4, -0.2) is 76.7 Å². The van der Waals surface area contributed by atoms with Crippen LogP contribution in [0.3, 0.4) is 0 Å². The first-order valence-electron chi connectivity index (χ1n) is 11.8. The van der Waals surface area contributed by atoms with Crippen LogP contribution in [-0.2, 0) is 17.9 Å². The fraction of sp³-hybridized carbons (Fsp3) is 0.826. The molecule has 1 aliphatic carbocycles. The zero-order valence-electron chi connectivity index (χ0n) is 18.3. The van der Waals surface area contributed by atoms with E-state index in [1.165, 1.54) is 37.7 Å². The normalized spacial score (nSPS) is 32.3. The van der Waals surface area contributed by atoms with Gasteiger partial charge in [-0.2, -0.15) is 5.10 Å². The van der Waals surface area contributed by atoms with Crippen LogP contribution in [0.1, 0.15) is 51.0 Å². The summed E-state index contributed by atoms with van der Waals surface area (Å²) in [7, 11) is 2.23. The van der Waals surface area contributed by atoms with Crippen LogP contribution in [0.15, 0.2) is 12.4 Å². The first-order chi connectivity index (χ1) is 14.0. The van der Waals surface area contributed by atoms with Crippen LogP contribution < -0.4 is 0 Å². The molecule has 29 heavy (non-hydrogen) atoms. The van der Waals surface area contributed by atoms with E-state index < -0.39 is 0 Å². The molecule has 0 radical (unpaired) electrons. The Morgan fingerprint density at radius 3 is 2.59 bits per heavy atom. The highest BCUT2D eigenvalue weighted by molar-refractivity contribution is 5.84. The Morgan fingerprint density at radius 2 is 1.90 bits per heavy atom. The molecule has 3 aliphatic heterocycles. The molecule has 1 aromatic heterocycles. The summed E-state index contributed by atoms with van der Waals surface area (Å²) in [6, 6.07) is 0. The Morgan fingerprint density at radius 1 is 1.14 bits per heavy atom. The summed E-state index contributed by atoms with van der Waals surface area (Å²) < 4.78 is 2.02. The summed E-state index contributed by atoms with van der Waals surface area (Å²) in [5.41, 5.74) is 1.61. The molecular formula is C23H37N5O. The Hall–Kier alpha value is -1.40. The Kier molecular flexibility index (Phi) is 4.98. The number of likely N-dealkylation sites (tertiary alicyclic amines) is 3. The molecule has 4 heterocycles. The third kappa shape index (κ3) is 3.23. The van der Waals surface area contributed by atoms with Crippen LogP contribution in [0.25, 0.3) is 0 Å². The fourth-order valence-electron chi connectivity index (χ4n) is 7.05. The highest BCUT2D eigenvalue weighted by Gasteiger charge is 2.64. The van der Waals surface area contributed by atoms with Crippen LogP contribution in [0.5, 0.6) is 0 Å². The lowest BCUT2D eigenvalue weighted by molar-refractivity contribution is -0.142. The standard InChI is InChI=1S/C23H37N5O/c1-3-28-16-19(14-24-28)15-26-12-8-22(9-13-26)6-7-23(18-25(2)17-20(22)23)21(29)27-10-4-5-11-27/h14,16,20H,3-13,15,17-18H2,1-2H3/t20-,23+/m0/s1. The highest BCUT2D eigenvalue weighted by atomic mass is 16.2. The SMILES string of the molecule is CCn1cc(CN2CCC3(CC2)CC[C@@]2(C(=O)N4CCCC4)CN(C)C[C@@H]32)cn1. The number of aryl methyl sites for hydroxylation is 1. The van der Waals surface area contributed by atoms with E-state index in [2.05, 4.69) is 40.0 Å². The average Bonchev–Trinajstić information content (AvgIpc) is 3.50. The van der Waals surface area contributed by atoms with E-state index in [0.717, 1.165) is 58.8 Å². The van der Waals surface area contributed by atoms with Crippen molar-refractivity contribution < 1.29 is 4.79 Å². The molecule has 1 aromatic rings. The van der Waals surface area contributed by atoms with Crippen molar-refractivity contribution >= 4 is 5.91 Å². The van der Waals surface area contributed by atoms with E-state index in [1.54, 1.807) is 0 Å². The number of piperidine rings is 1. The van der Waals surface area contributed by atoms with E-state index in [9.17, 15) is 4.79 Å². The molecule has 1 saturated carbocycles. The number of carbonyl (C=O) groups is 1. The van der Waals surface area contributed by atoms with E-state index in [-0.39, 0.29) is 5.41 Å². The maximum absolute atomic E-state index is 13.6. The predicted molar refractivity (Wildman–Crippen MR) is 113 cm³/mol. The van der Waals surface area contributed by atoms with Gasteiger partial charge in [0.25, 0.3) is 0 Å². The van der Waals surface area contributed by atoms with Crippen molar-refractivity contribution in [3.63, 3.8) is 0 Å². The van der Waals surface area contributed by atoms with Crippen molar-refractivity contribution in [2.24, 2.45) is 16.7 Å². The van der Waals surface area contributed by atoms with E-state index >= 15 is 0 Å². The largest absolute Gasteiger partial charge is 0.342 e. The molecule has 0 bridgehead atoms. The molecule has 4 fully saturated rings. The van der Waals surface area contributed by atoms with Gasteiger partial charge < -0.3 is 9.80 Å². The Balaban J connectivity index is 1.28. The number of hydrogen-bond acceptors (Lipinski definition) is 4. The summed E-state index contributed by atoms with van der Waals surface area (Å²) in [6.45, 7) is 10.5. The van der Waals surface area contributed by atoms with Crippen molar-refractivity contribution in [3.8, 4) is 0 Å². The molecule has 5 rings (SSSR count). The molecule has 1 amide bonds. The lowest BCUT2D eigenvalue weighted by atomic mass is 9.65. The van der Waals surface area contributed by atoms with Gasteiger partial charge in [-0.15, -0.1) is 0 Å². The minimum absolute atomic E-state index is 0.0937. The van der Waals surface area contributed by atoms with Crippen LogP contribution in [0.4, 0.5) is 0 Å². The third-order valence-corrected chi connectivity index (χ3v) is 8.61. The van der Waals surface area contributed by atoms with Gasteiger partial charge in [0.15, 0.2) is 0 Å². The molecule has 3 saturated heterocycles. The van der Waals surface area contributed by atoms with Gasteiger partial charge >= 0.3 is 0 Å². The number of aromatic nitrogens is 2. The van der Waals surface area contributed by atoms with Crippen molar-refractivity contribution in [1.82, 2.24) is 24.5 Å². The van der Waals surface area contributed by atoms with Gasteiger partial charge in [0.1, 0.15) is 0 Å². The highest BCUT2D eigenvalue weighted by Crippen LogP contribution is 2.62. The zero-order valence-corrected chi connectivity index (χ0v) is 18.3. The summed E-state index contributed by atoms with van der Waals surface area (Å²) in [4.78, 5) is 20.9. The summed E-state index contributed by atoms with van der Waals surface area (Å²) in [5.74, 6) is 1.05. The van der Waals surface area contributed by atoms with Gasteiger partial charge in [0.05, 0.1) is 11.6 Å². The van der Waals surface area contributed by atoms with Gasteiger partial charge in [-0.25, -0.2) is 0 Å². The van der Waals surface area contributed by atoms with Crippen molar-refractivity contribution in [3.05, 3.63) is 18.0 Å². The summed E-state index contributed by atoms with van der Waals surface area (Å²) in [5, 5.41) is 4.43. The van der Waals surface area contributed by atoms with Gasteiger partial charge in [-0.3, -0.25) is 14.4 Å². The van der Waals surface area contributed by atoms with Crippen LogP contribution in [0, 0.1) is 16.7 Å². The maximum atomic E-state index is 13.6. The second-order valence-corrected chi connectivity index (χ2v) is 10.2. The number of carbonyl (C=O) groups excluding carboxylic acids is 1. The monoisotopic (exact) mass is 399 g/mol. The van der Waals surface area contributed by atoms with Crippen LogP contribution in [0.2, 0.25) is 0 Å². The molecule has 0 N–H and O–H groups in total. The van der Waals surface area contributed by atoms with Gasteiger partial charge in [0.2, 0.25) is 5.91 Å². The molecule has 0 unspecified atom stereocenters. The number of fused-ring (bicyclic) bond motifs is 2. The van der Waals surface area contributed by atoms with Crippen LogP contribution >= 0.6 is 0 Å². The van der Waals surface area contributed by atoms with E-state index in [4.69, 9.17) is 0 Å². The average molecular weight is 400 g/mol. The molecule has 6 nitrogen and oxygen atoms in total. The number of amides is 1. The second kappa shape index (κ2) is 7.38. The minimum Gasteiger partial charge on any atom is -0.342 e. The third-order valence-electron chi connectivity index (χ3n) is 8.61. The quantitative estimate of drug-likeness (QED) is 0.780. The molecule has 160 valence electrons. The molecule has 4 aliphatic rings. The van der Waals surface area contributed by atoms with E-state index in [1.807, 2.05) is 10.9 Å². The predicted octanol–water partition coefficient (Wildman–Crippen LogP) is 2.45. The number of rotatable bonds is 4.